The Morgan fingerprint density at radius 3 is 2.67 bits per heavy atom. The minimum atomic E-state index is -0.436. The zero-order valence-corrected chi connectivity index (χ0v) is 15.6. The molecule has 3 aromatic rings. The second-order valence-corrected chi connectivity index (χ2v) is 7.32. The van der Waals surface area contributed by atoms with Crippen molar-refractivity contribution < 1.29 is 13.9 Å². The smallest absolute Gasteiger partial charge is 0.308 e. The van der Waals surface area contributed by atoms with Crippen molar-refractivity contribution in [3.05, 3.63) is 74.5 Å². The number of carbonyl (C=O) groups is 1. The van der Waals surface area contributed by atoms with Crippen molar-refractivity contribution in [2.24, 2.45) is 7.05 Å². The minimum Gasteiger partial charge on any atom is -0.496 e. The molecule has 0 aliphatic carbocycles. The zero-order valence-electron chi connectivity index (χ0n) is 14.8. The number of anilines is 2. The van der Waals surface area contributed by atoms with Gasteiger partial charge in [-0.15, -0.1) is 0 Å². The highest BCUT2D eigenvalue weighted by Crippen LogP contribution is 2.46. The third-order valence-electron chi connectivity index (χ3n) is 4.75. The van der Waals surface area contributed by atoms with Crippen LogP contribution in [0.3, 0.4) is 0 Å². The number of para-hydroxylation sites is 1. The number of halogens is 1. The summed E-state index contributed by atoms with van der Waals surface area (Å²) in [6.07, 6.45) is 0.170. The highest BCUT2D eigenvalue weighted by atomic mass is 32.1. The van der Waals surface area contributed by atoms with Gasteiger partial charge in [0.25, 0.3) is 0 Å². The van der Waals surface area contributed by atoms with E-state index in [1.807, 2.05) is 24.3 Å². The Morgan fingerprint density at radius 2 is 1.93 bits per heavy atom. The topological polar surface area (TPSA) is 51.5 Å². The molecule has 0 radical (unpaired) electrons. The maximum Gasteiger partial charge on any atom is 0.308 e. The van der Waals surface area contributed by atoms with Gasteiger partial charge in [0.2, 0.25) is 5.91 Å². The monoisotopic (exact) mass is 384 g/mol. The lowest BCUT2D eigenvalue weighted by atomic mass is 9.89. The van der Waals surface area contributed by atoms with E-state index in [0.29, 0.717) is 17.3 Å². The molecule has 2 aromatic carbocycles. The van der Waals surface area contributed by atoms with Gasteiger partial charge in [-0.3, -0.25) is 19.1 Å². The van der Waals surface area contributed by atoms with Gasteiger partial charge in [0.1, 0.15) is 17.4 Å². The summed E-state index contributed by atoms with van der Waals surface area (Å²) >= 11 is 1.11. The molecule has 1 aliphatic heterocycles. The molecule has 138 valence electrons. The molecular weight excluding hydrogens is 367 g/mol. The molecule has 1 aromatic heterocycles. The highest BCUT2D eigenvalue weighted by Gasteiger charge is 2.38. The normalized spacial score (nSPS) is 16.3. The first-order valence-electron chi connectivity index (χ1n) is 8.42. The Bertz CT molecular complexity index is 1090. The van der Waals surface area contributed by atoms with Crippen LogP contribution in [0.5, 0.6) is 5.75 Å². The van der Waals surface area contributed by atoms with Gasteiger partial charge >= 0.3 is 4.87 Å². The van der Waals surface area contributed by atoms with Crippen LogP contribution in [-0.2, 0) is 11.8 Å². The van der Waals surface area contributed by atoms with Gasteiger partial charge in [0.05, 0.1) is 17.7 Å². The molecular formula is C20H17FN2O3S. The Labute approximate surface area is 159 Å². The van der Waals surface area contributed by atoms with E-state index in [0.717, 1.165) is 21.8 Å². The number of rotatable bonds is 3. The van der Waals surface area contributed by atoms with Crippen molar-refractivity contribution in [3.63, 3.8) is 0 Å². The van der Waals surface area contributed by atoms with E-state index < -0.39 is 5.82 Å². The second-order valence-electron chi connectivity index (χ2n) is 6.32. The SMILES string of the molecule is COc1ccccc1C1CC(=O)N(c2cccc(F)c2)c2c1sc(=O)n2C. The van der Waals surface area contributed by atoms with Gasteiger partial charge in [0, 0.05) is 24.9 Å². The highest BCUT2D eigenvalue weighted by molar-refractivity contribution is 7.10. The average Bonchev–Trinajstić information content (AvgIpc) is 2.96. The van der Waals surface area contributed by atoms with E-state index in [9.17, 15) is 14.0 Å². The fraction of sp³-hybridized carbons (Fsp3) is 0.200. The summed E-state index contributed by atoms with van der Waals surface area (Å²) in [6.45, 7) is 0. The van der Waals surface area contributed by atoms with Gasteiger partial charge in [0.15, 0.2) is 0 Å². The summed E-state index contributed by atoms with van der Waals surface area (Å²) in [5.41, 5.74) is 1.27. The van der Waals surface area contributed by atoms with Crippen LogP contribution < -0.4 is 14.5 Å². The number of amides is 1. The van der Waals surface area contributed by atoms with Gasteiger partial charge in [-0.2, -0.15) is 0 Å². The van der Waals surface area contributed by atoms with Gasteiger partial charge in [-0.05, 0) is 24.3 Å². The van der Waals surface area contributed by atoms with Crippen LogP contribution in [-0.4, -0.2) is 17.6 Å². The Morgan fingerprint density at radius 1 is 1.15 bits per heavy atom. The van der Waals surface area contributed by atoms with E-state index in [2.05, 4.69) is 0 Å². The largest absolute Gasteiger partial charge is 0.496 e. The molecule has 0 fully saturated rings. The molecule has 0 saturated heterocycles. The zero-order chi connectivity index (χ0) is 19.1. The van der Waals surface area contributed by atoms with E-state index in [1.54, 1.807) is 26.3 Å². The number of fused-ring (bicyclic) bond motifs is 1. The molecule has 5 nitrogen and oxygen atoms in total. The lowest BCUT2D eigenvalue weighted by Crippen LogP contribution is -2.34. The van der Waals surface area contributed by atoms with E-state index in [-0.39, 0.29) is 23.1 Å². The van der Waals surface area contributed by atoms with E-state index in [1.165, 1.54) is 21.6 Å². The summed E-state index contributed by atoms with van der Waals surface area (Å²) < 4.78 is 20.7. The molecule has 2 heterocycles. The first-order valence-corrected chi connectivity index (χ1v) is 9.24. The maximum absolute atomic E-state index is 13.8. The molecule has 1 unspecified atom stereocenters. The molecule has 0 saturated carbocycles. The standard InChI is InChI=1S/C20H17FN2O3S/c1-22-19-18(27-20(22)25)15(14-8-3-4-9-16(14)26-2)11-17(24)23(19)13-7-5-6-12(21)10-13/h3-10,15H,11H2,1-2H3. The fourth-order valence-electron chi connectivity index (χ4n) is 3.51. The molecule has 1 amide bonds. The maximum atomic E-state index is 13.8. The summed E-state index contributed by atoms with van der Waals surface area (Å²) in [5.74, 6) is 0.241. The summed E-state index contributed by atoms with van der Waals surface area (Å²) in [5, 5.41) is 0. The van der Waals surface area contributed by atoms with E-state index in [4.69, 9.17) is 4.74 Å². The fourth-order valence-corrected chi connectivity index (χ4v) is 4.59. The first-order chi connectivity index (χ1) is 13.0. The second kappa shape index (κ2) is 6.66. The van der Waals surface area contributed by atoms with Crippen LogP contribution in [0.2, 0.25) is 0 Å². The number of hydrogen-bond acceptors (Lipinski definition) is 4. The number of carbonyl (C=O) groups excluding carboxylic acids is 1. The summed E-state index contributed by atoms with van der Waals surface area (Å²) in [6, 6.07) is 13.3. The van der Waals surface area contributed by atoms with Crippen LogP contribution >= 0.6 is 11.3 Å². The third kappa shape index (κ3) is 2.84. The predicted octanol–water partition coefficient (Wildman–Crippen LogP) is 3.79. The quantitative estimate of drug-likeness (QED) is 0.690. The van der Waals surface area contributed by atoms with Crippen molar-refractivity contribution in [1.29, 1.82) is 0 Å². The number of nitrogens with zero attached hydrogens (tertiary/aromatic N) is 2. The molecule has 7 heteroatoms. The summed E-state index contributed by atoms with van der Waals surface area (Å²) in [7, 11) is 3.21. The lowest BCUT2D eigenvalue weighted by molar-refractivity contribution is -0.118. The van der Waals surface area contributed by atoms with E-state index >= 15 is 0 Å². The van der Waals surface area contributed by atoms with Crippen molar-refractivity contribution in [3.8, 4) is 5.75 Å². The van der Waals surface area contributed by atoms with Crippen molar-refractivity contribution in [2.75, 3.05) is 12.0 Å². The average molecular weight is 384 g/mol. The lowest BCUT2D eigenvalue weighted by Gasteiger charge is -2.32. The molecule has 27 heavy (non-hydrogen) atoms. The molecule has 0 N–H and O–H groups in total. The van der Waals surface area contributed by atoms with Gasteiger partial charge in [-0.1, -0.05) is 35.6 Å². The molecule has 0 spiro atoms. The predicted molar refractivity (Wildman–Crippen MR) is 103 cm³/mol. The van der Waals surface area contributed by atoms with Crippen LogP contribution in [0.25, 0.3) is 0 Å². The first kappa shape index (κ1) is 17.5. The number of ether oxygens (including phenoxy) is 1. The number of hydrogen-bond donors (Lipinski definition) is 0. The Hall–Kier alpha value is -2.93. The number of aromatic nitrogens is 1. The molecule has 1 atom stereocenters. The third-order valence-corrected chi connectivity index (χ3v) is 5.88. The number of benzene rings is 2. The molecule has 0 bridgehead atoms. The van der Waals surface area contributed by atoms with Crippen LogP contribution in [0.4, 0.5) is 15.9 Å². The Balaban J connectivity index is 1.93. The molecule has 1 aliphatic rings. The van der Waals surface area contributed by atoms with Crippen molar-refractivity contribution in [2.45, 2.75) is 12.3 Å². The number of methoxy groups -OCH3 is 1. The van der Waals surface area contributed by atoms with Gasteiger partial charge < -0.3 is 4.74 Å². The molecule has 4 rings (SSSR count). The van der Waals surface area contributed by atoms with Gasteiger partial charge in [-0.25, -0.2) is 4.39 Å². The van der Waals surface area contributed by atoms with Crippen molar-refractivity contribution >= 4 is 28.7 Å². The van der Waals surface area contributed by atoms with Crippen molar-refractivity contribution in [1.82, 2.24) is 4.57 Å². The minimum absolute atomic E-state index is 0.170. The van der Waals surface area contributed by atoms with Crippen LogP contribution in [0, 0.1) is 5.82 Å². The number of thiazole rings is 1. The Kier molecular flexibility index (Phi) is 4.31. The van der Waals surface area contributed by atoms with Crippen LogP contribution in [0.15, 0.2) is 53.3 Å². The summed E-state index contributed by atoms with van der Waals surface area (Å²) in [4.78, 5) is 27.5. The van der Waals surface area contributed by atoms with Crippen LogP contribution in [0.1, 0.15) is 22.8 Å².